The highest BCUT2D eigenvalue weighted by Crippen LogP contribution is 2.29. The van der Waals surface area contributed by atoms with Crippen molar-refractivity contribution < 1.29 is 14.3 Å². The Labute approximate surface area is 250 Å². The Kier molecular flexibility index (Phi) is 7.48. The van der Waals surface area contributed by atoms with Crippen LogP contribution in [0.3, 0.4) is 0 Å². The number of nitrogens with zero attached hydrogens (tertiary/aromatic N) is 3. The maximum Gasteiger partial charge on any atom is 0.333 e. The van der Waals surface area contributed by atoms with Crippen molar-refractivity contribution in [3.8, 4) is 11.4 Å². The first kappa shape index (κ1) is 27.4. The maximum atomic E-state index is 13.8. The molecule has 0 bridgehead atoms. The summed E-state index contributed by atoms with van der Waals surface area (Å²) in [5.74, 6) is 0.101. The zero-order valence-corrected chi connectivity index (χ0v) is 24.7. The summed E-state index contributed by atoms with van der Waals surface area (Å²) in [5, 5.41) is 3.40. The van der Waals surface area contributed by atoms with Crippen molar-refractivity contribution in [1.82, 2.24) is 19.4 Å². The van der Waals surface area contributed by atoms with E-state index in [1.54, 1.807) is 39.8 Å². The van der Waals surface area contributed by atoms with Crippen molar-refractivity contribution >= 4 is 39.3 Å². The van der Waals surface area contributed by atoms with Gasteiger partial charge in [-0.25, -0.2) is 4.79 Å². The summed E-state index contributed by atoms with van der Waals surface area (Å²) < 4.78 is 9.62. The first-order valence-electron chi connectivity index (χ1n) is 13.5. The highest BCUT2D eigenvalue weighted by Gasteiger charge is 2.35. The van der Waals surface area contributed by atoms with Crippen LogP contribution >= 0.6 is 27.5 Å². The number of fused-ring (bicyclic) bond motifs is 1. The zero-order chi connectivity index (χ0) is 28.7. The first-order valence-corrected chi connectivity index (χ1v) is 14.7. The monoisotopic (exact) mass is 634 g/mol. The highest BCUT2D eigenvalue weighted by atomic mass is 79.9. The van der Waals surface area contributed by atoms with Crippen LogP contribution < -0.4 is 15.7 Å². The van der Waals surface area contributed by atoms with Gasteiger partial charge in [0.2, 0.25) is 0 Å². The lowest BCUT2D eigenvalue weighted by atomic mass is 10.1. The lowest BCUT2D eigenvalue weighted by Gasteiger charge is -2.34. The van der Waals surface area contributed by atoms with Crippen LogP contribution in [0, 0.1) is 0 Å². The van der Waals surface area contributed by atoms with Gasteiger partial charge in [0, 0.05) is 29.2 Å². The summed E-state index contributed by atoms with van der Waals surface area (Å²) >= 11 is 9.64. The van der Waals surface area contributed by atoms with E-state index in [0.29, 0.717) is 33.0 Å². The summed E-state index contributed by atoms with van der Waals surface area (Å²) in [7, 11) is 0. The normalized spacial score (nSPS) is 16.3. The van der Waals surface area contributed by atoms with Crippen LogP contribution in [-0.4, -0.2) is 38.0 Å². The van der Waals surface area contributed by atoms with E-state index in [2.05, 4.69) is 21.2 Å². The van der Waals surface area contributed by atoms with E-state index in [-0.39, 0.29) is 42.5 Å². The number of hydrogen-bond donors (Lipinski definition) is 1. The second kappa shape index (κ2) is 11.2. The topological polar surface area (TPSA) is 85.6 Å². The minimum Gasteiger partial charge on any atom is -0.490 e. The Morgan fingerprint density at radius 2 is 1.78 bits per heavy atom. The van der Waals surface area contributed by atoms with Gasteiger partial charge in [-0.3, -0.25) is 18.7 Å². The summed E-state index contributed by atoms with van der Waals surface area (Å²) in [6.45, 7) is 2.53. The molecule has 2 amide bonds. The van der Waals surface area contributed by atoms with E-state index >= 15 is 0 Å². The Bertz CT molecular complexity index is 1680. The van der Waals surface area contributed by atoms with Crippen LogP contribution in [0.15, 0.2) is 82.1 Å². The number of carbonyl (C=O) groups is 2. The Hall–Kier alpha value is -3.82. The van der Waals surface area contributed by atoms with E-state index in [9.17, 15) is 14.4 Å². The van der Waals surface area contributed by atoms with Gasteiger partial charge in [-0.15, -0.1) is 0 Å². The molecule has 0 saturated heterocycles. The molecule has 3 aromatic carbocycles. The van der Waals surface area contributed by atoms with Crippen LogP contribution in [0.4, 0.5) is 0 Å². The van der Waals surface area contributed by atoms with Gasteiger partial charge < -0.3 is 15.0 Å². The van der Waals surface area contributed by atoms with Gasteiger partial charge >= 0.3 is 5.69 Å². The van der Waals surface area contributed by atoms with Crippen LogP contribution in [0.25, 0.3) is 5.69 Å². The summed E-state index contributed by atoms with van der Waals surface area (Å²) in [6.07, 6.45) is 2.33. The van der Waals surface area contributed by atoms with E-state index in [4.69, 9.17) is 16.3 Å². The number of benzene rings is 3. The van der Waals surface area contributed by atoms with Crippen LogP contribution in [0.2, 0.25) is 5.02 Å². The van der Waals surface area contributed by atoms with Crippen molar-refractivity contribution in [3.05, 3.63) is 115 Å². The molecule has 210 valence electrons. The average Bonchev–Trinajstić information content (AvgIpc) is 3.75. The quantitative estimate of drug-likeness (QED) is 0.288. The molecule has 1 aromatic heterocycles. The number of imidazole rings is 1. The first-order chi connectivity index (χ1) is 19.8. The molecule has 1 fully saturated rings. The molecule has 1 unspecified atom stereocenters. The molecule has 1 aliphatic heterocycles. The fourth-order valence-corrected chi connectivity index (χ4v) is 5.50. The second-order valence-electron chi connectivity index (χ2n) is 10.4. The van der Waals surface area contributed by atoms with Gasteiger partial charge in [-0.05, 0) is 83.7 Å². The van der Waals surface area contributed by atoms with Crippen LogP contribution in [0.1, 0.15) is 51.9 Å². The minimum absolute atomic E-state index is 0.0902. The van der Waals surface area contributed by atoms with Gasteiger partial charge in [0.25, 0.3) is 11.8 Å². The number of rotatable bonds is 7. The lowest BCUT2D eigenvalue weighted by Crippen LogP contribution is -2.47. The molecule has 1 saturated carbocycles. The molecule has 1 aliphatic carbocycles. The molecule has 1 atom stereocenters. The van der Waals surface area contributed by atoms with E-state index in [1.165, 1.54) is 4.57 Å². The SMILES string of the molecule is CC1Cn2c(c(C(=O)NCc3ccccc3)n(-c3ccc(OC4CC4)cc3)c2=O)CN1C(=O)c1ccc(Br)c(Cl)c1. The Morgan fingerprint density at radius 1 is 1.05 bits per heavy atom. The summed E-state index contributed by atoms with van der Waals surface area (Å²) in [5.41, 5.74) is 2.28. The molecule has 2 aliphatic rings. The third kappa shape index (κ3) is 5.56. The lowest BCUT2D eigenvalue weighted by molar-refractivity contribution is 0.0610. The third-order valence-corrected chi connectivity index (χ3v) is 8.64. The number of halogens is 2. The van der Waals surface area contributed by atoms with Gasteiger partial charge in [-0.1, -0.05) is 41.9 Å². The molecular weight excluding hydrogens is 608 g/mol. The van der Waals surface area contributed by atoms with Gasteiger partial charge in [0.1, 0.15) is 11.4 Å². The maximum absolute atomic E-state index is 13.8. The molecular formula is C31H28BrClN4O4. The van der Waals surface area contributed by atoms with Crippen molar-refractivity contribution in [2.75, 3.05) is 0 Å². The van der Waals surface area contributed by atoms with E-state index in [1.807, 2.05) is 49.4 Å². The molecule has 4 aromatic rings. The Balaban J connectivity index is 1.38. The predicted molar refractivity (Wildman–Crippen MR) is 160 cm³/mol. The molecule has 6 rings (SSSR count). The number of amides is 2. The van der Waals surface area contributed by atoms with Gasteiger partial charge in [0.15, 0.2) is 0 Å². The fraction of sp³-hybridized carbons (Fsp3) is 0.258. The molecule has 41 heavy (non-hydrogen) atoms. The average molecular weight is 636 g/mol. The number of carbonyl (C=O) groups excluding carboxylic acids is 2. The second-order valence-corrected chi connectivity index (χ2v) is 11.7. The third-order valence-electron chi connectivity index (χ3n) is 7.40. The van der Waals surface area contributed by atoms with Crippen LogP contribution in [0.5, 0.6) is 5.75 Å². The van der Waals surface area contributed by atoms with Crippen molar-refractivity contribution in [1.29, 1.82) is 0 Å². The molecule has 2 heterocycles. The van der Waals surface area contributed by atoms with Crippen LogP contribution in [-0.2, 0) is 19.6 Å². The fourth-order valence-electron chi connectivity index (χ4n) is 5.07. The zero-order valence-electron chi connectivity index (χ0n) is 22.3. The minimum atomic E-state index is -0.397. The van der Waals surface area contributed by atoms with E-state index < -0.39 is 5.91 Å². The largest absolute Gasteiger partial charge is 0.490 e. The number of nitrogens with one attached hydrogen (secondary N) is 1. The molecule has 10 heteroatoms. The summed E-state index contributed by atoms with van der Waals surface area (Å²) in [4.78, 5) is 42.9. The molecule has 0 spiro atoms. The standard InChI is InChI=1S/C31H28BrClN4O4/c1-19-17-36-27(18-35(19)30(39)21-7-14-25(32)26(33)15-21)28(29(38)34-16-20-5-3-2-4-6-20)37(31(36)40)22-8-10-23(11-9-22)41-24-12-13-24/h2-11,14-15,19,24H,12-13,16-18H2,1H3,(H,34,38). The smallest absolute Gasteiger partial charge is 0.333 e. The van der Waals surface area contributed by atoms with E-state index in [0.717, 1.165) is 24.2 Å². The molecule has 1 N–H and O–H groups in total. The van der Waals surface area contributed by atoms with Crippen molar-refractivity contribution in [3.63, 3.8) is 0 Å². The highest BCUT2D eigenvalue weighted by molar-refractivity contribution is 9.10. The number of aromatic nitrogens is 2. The summed E-state index contributed by atoms with van der Waals surface area (Å²) in [6, 6.07) is 21.5. The number of ether oxygens (including phenoxy) is 1. The van der Waals surface area contributed by atoms with Crippen molar-refractivity contribution in [2.24, 2.45) is 0 Å². The Morgan fingerprint density at radius 3 is 2.46 bits per heavy atom. The van der Waals surface area contributed by atoms with Gasteiger partial charge in [-0.2, -0.15) is 0 Å². The van der Waals surface area contributed by atoms with Gasteiger partial charge in [0.05, 0.1) is 29.1 Å². The number of hydrogen-bond acceptors (Lipinski definition) is 4. The van der Waals surface area contributed by atoms with Crippen molar-refractivity contribution in [2.45, 2.75) is 51.5 Å². The predicted octanol–water partition coefficient (Wildman–Crippen LogP) is 5.57. The molecule has 8 nitrogen and oxygen atoms in total. The molecule has 0 radical (unpaired) electrons.